The van der Waals surface area contributed by atoms with Crippen molar-refractivity contribution >= 4 is 11.0 Å². The lowest BCUT2D eigenvalue weighted by molar-refractivity contribution is -0.289. The molecule has 2 aliphatic heterocycles. The molecule has 0 spiro atoms. The Balaban J connectivity index is 1.47. The minimum atomic E-state index is -1.91. The topological polar surface area (TPSA) is 209 Å². The number of aliphatic hydroxyl groups is 6. The van der Waals surface area contributed by atoms with Crippen LogP contribution in [0.25, 0.3) is 11.0 Å². The molecule has 7 N–H and O–H groups in total. The summed E-state index contributed by atoms with van der Waals surface area (Å²) in [5.41, 5.74) is -2.56. The van der Waals surface area contributed by atoms with E-state index in [0.717, 1.165) is 6.07 Å². The fraction of sp³-hybridized carbons (Fsp3) is 0.550. The molecule has 0 bridgehead atoms. The summed E-state index contributed by atoms with van der Waals surface area (Å²) in [6.07, 6.45) is -10.8. The molecular formula is C20H24O13. The van der Waals surface area contributed by atoms with Crippen molar-refractivity contribution in [3.63, 3.8) is 0 Å². The molecule has 2 aliphatic rings. The van der Waals surface area contributed by atoms with Crippen LogP contribution < -0.4 is 10.4 Å². The summed E-state index contributed by atoms with van der Waals surface area (Å²) in [6, 6.07) is 4.94. The minimum absolute atomic E-state index is 0.00649. The van der Waals surface area contributed by atoms with Gasteiger partial charge in [0.2, 0.25) is 6.29 Å². The first-order valence-electron chi connectivity index (χ1n) is 10.0. The van der Waals surface area contributed by atoms with Gasteiger partial charge in [0.25, 0.3) is 0 Å². The fourth-order valence-corrected chi connectivity index (χ4v) is 3.61. The number of phenols is 1. The van der Waals surface area contributed by atoms with Gasteiger partial charge in [-0.25, -0.2) is 4.79 Å². The first-order valence-corrected chi connectivity index (χ1v) is 10.0. The van der Waals surface area contributed by atoms with Gasteiger partial charge < -0.3 is 59.1 Å². The first kappa shape index (κ1) is 23.8. The van der Waals surface area contributed by atoms with E-state index in [1.165, 1.54) is 18.2 Å². The van der Waals surface area contributed by atoms with Crippen molar-refractivity contribution in [3.8, 4) is 11.5 Å². The molecule has 13 heteroatoms. The van der Waals surface area contributed by atoms with Crippen molar-refractivity contribution in [2.75, 3.05) is 19.8 Å². The van der Waals surface area contributed by atoms with E-state index in [2.05, 4.69) is 0 Å². The van der Waals surface area contributed by atoms with Crippen LogP contribution in [0.3, 0.4) is 0 Å². The van der Waals surface area contributed by atoms with Crippen LogP contribution in [-0.4, -0.2) is 104 Å². The maximum Gasteiger partial charge on any atom is 0.336 e. The summed E-state index contributed by atoms with van der Waals surface area (Å²) in [5, 5.41) is 70.3. The van der Waals surface area contributed by atoms with E-state index in [9.17, 15) is 40.5 Å². The standard InChI is InChI=1S/C20H24O13/c21-6-20(28)7-30-19(17(20)27)29-5-12-14(24)15(25)16(26)18(33-12)31-8-3-10(22)9-1-2-13(23)32-11(9)4-8/h1-4,12,14-19,21-22,24-28H,5-7H2. The minimum Gasteiger partial charge on any atom is -0.507 e. The van der Waals surface area contributed by atoms with Crippen molar-refractivity contribution in [1.29, 1.82) is 0 Å². The maximum absolute atomic E-state index is 11.4. The SMILES string of the molecule is O=c1ccc2c(O)cc(OC3OC(COC4OCC(O)(CO)C4O)C(O)C(O)C3O)cc2o1. The maximum atomic E-state index is 11.4. The van der Waals surface area contributed by atoms with Gasteiger partial charge in [-0.15, -0.1) is 0 Å². The van der Waals surface area contributed by atoms with Crippen LogP contribution in [0, 0.1) is 0 Å². The molecular weight excluding hydrogens is 448 g/mol. The molecule has 33 heavy (non-hydrogen) atoms. The Morgan fingerprint density at radius 2 is 1.82 bits per heavy atom. The monoisotopic (exact) mass is 472 g/mol. The lowest BCUT2D eigenvalue weighted by Crippen LogP contribution is -2.60. The number of hydrogen-bond donors (Lipinski definition) is 7. The van der Waals surface area contributed by atoms with E-state index in [1.807, 2.05) is 0 Å². The van der Waals surface area contributed by atoms with Crippen LogP contribution in [0.15, 0.2) is 33.5 Å². The molecule has 8 atom stereocenters. The lowest BCUT2D eigenvalue weighted by atomic mass is 9.99. The molecule has 182 valence electrons. The van der Waals surface area contributed by atoms with E-state index < -0.39 is 74.1 Å². The van der Waals surface area contributed by atoms with Crippen LogP contribution in [0.4, 0.5) is 0 Å². The summed E-state index contributed by atoms with van der Waals surface area (Å²) in [5.74, 6) is -0.343. The lowest BCUT2D eigenvalue weighted by Gasteiger charge is -2.40. The highest BCUT2D eigenvalue weighted by Crippen LogP contribution is 2.32. The second-order valence-electron chi connectivity index (χ2n) is 7.96. The van der Waals surface area contributed by atoms with E-state index >= 15 is 0 Å². The third kappa shape index (κ3) is 4.55. The van der Waals surface area contributed by atoms with Gasteiger partial charge in [-0.3, -0.25) is 0 Å². The molecule has 13 nitrogen and oxygen atoms in total. The number of ether oxygens (including phenoxy) is 4. The van der Waals surface area contributed by atoms with Gasteiger partial charge in [-0.2, -0.15) is 0 Å². The summed E-state index contributed by atoms with van der Waals surface area (Å²) in [6.45, 7) is -1.61. The van der Waals surface area contributed by atoms with Crippen LogP contribution in [0.5, 0.6) is 11.5 Å². The van der Waals surface area contributed by atoms with E-state index in [-0.39, 0.29) is 22.5 Å². The highest BCUT2D eigenvalue weighted by Gasteiger charge is 2.50. The quantitative estimate of drug-likeness (QED) is 0.211. The summed E-state index contributed by atoms with van der Waals surface area (Å²) >= 11 is 0. The highest BCUT2D eigenvalue weighted by atomic mass is 16.7. The third-order valence-corrected chi connectivity index (χ3v) is 5.62. The first-order chi connectivity index (χ1) is 15.6. The van der Waals surface area contributed by atoms with Crippen molar-refractivity contribution in [2.45, 2.75) is 48.7 Å². The smallest absolute Gasteiger partial charge is 0.336 e. The van der Waals surface area contributed by atoms with E-state index in [4.69, 9.17) is 23.4 Å². The van der Waals surface area contributed by atoms with Crippen molar-refractivity contribution in [3.05, 3.63) is 34.7 Å². The molecule has 4 rings (SSSR count). The Morgan fingerprint density at radius 3 is 2.52 bits per heavy atom. The molecule has 0 amide bonds. The summed E-state index contributed by atoms with van der Waals surface area (Å²) in [4.78, 5) is 11.4. The average molecular weight is 472 g/mol. The fourth-order valence-electron chi connectivity index (χ4n) is 3.61. The molecule has 2 saturated heterocycles. The molecule has 0 aliphatic carbocycles. The predicted molar refractivity (Wildman–Crippen MR) is 105 cm³/mol. The largest absolute Gasteiger partial charge is 0.507 e. The number of benzene rings is 1. The van der Waals surface area contributed by atoms with Gasteiger partial charge in [0.05, 0.1) is 25.2 Å². The Morgan fingerprint density at radius 1 is 1.06 bits per heavy atom. The number of aliphatic hydroxyl groups excluding tert-OH is 5. The molecule has 8 unspecified atom stereocenters. The zero-order chi connectivity index (χ0) is 23.9. The van der Waals surface area contributed by atoms with E-state index in [1.54, 1.807) is 0 Å². The molecule has 1 aromatic carbocycles. The highest BCUT2D eigenvalue weighted by molar-refractivity contribution is 5.84. The summed E-state index contributed by atoms with van der Waals surface area (Å²) in [7, 11) is 0. The van der Waals surface area contributed by atoms with Crippen molar-refractivity contribution in [2.24, 2.45) is 0 Å². The van der Waals surface area contributed by atoms with Gasteiger partial charge in [-0.05, 0) is 6.07 Å². The third-order valence-electron chi connectivity index (χ3n) is 5.62. The molecule has 2 aromatic rings. The second kappa shape index (κ2) is 9.13. The number of hydrogen-bond acceptors (Lipinski definition) is 13. The van der Waals surface area contributed by atoms with E-state index in [0.29, 0.717) is 0 Å². The second-order valence-corrected chi connectivity index (χ2v) is 7.96. The Labute approximate surface area is 185 Å². The molecule has 0 saturated carbocycles. The van der Waals surface area contributed by atoms with Gasteiger partial charge in [-0.1, -0.05) is 0 Å². The van der Waals surface area contributed by atoms with Gasteiger partial charge in [0, 0.05) is 18.2 Å². The van der Waals surface area contributed by atoms with Crippen LogP contribution in [-0.2, 0) is 14.2 Å². The average Bonchev–Trinajstić information content (AvgIpc) is 3.07. The number of fused-ring (bicyclic) bond motifs is 1. The molecule has 3 heterocycles. The number of phenolic OH excluding ortho intramolecular Hbond substituents is 1. The van der Waals surface area contributed by atoms with Crippen LogP contribution in [0.2, 0.25) is 0 Å². The number of rotatable bonds is 6. The van der Waals surface area contributed by atoms with Crippen LogP contribution >= 0.6 is 0 Å². The zero-order valence-corrected chi connectivity index (χ0v) is 17.1. The Bertz CT molecular complexity index is 1040. The Hall–Kier alpha value is -2.33. The number of aromatic hydroxyl groups is 1. The summed E-state index contributed by atoms with van der Waals surface area (Å²) < 4.78 is 26.5. The Kier molecular flexibility index (Phi) is 6.59. The molecule has 1 aromatic heterocycles. The van der Waals surface area contributed by atoms with Crippen molar-refractivity contribution < 1.29 is 59.1 Å². The zero-order valence-electron chi connectivity index (χ0n) is 17.1. The normalized spacial score (nSPS) is 36.8. The molecule has 0 radical (unpaired) electrons. The van der Waals surface area contributed by atoms with Gasteiger partial charge in [0.15, 0.2) is 6.29 Å². The van der Waals surface area contributed by atoms with Crippen LogP contribution in [0.1, 0.15) is 0 Å². The van der Waals surface area contributed by atoms with Gasteiger partial charge >= 0.3 is 5.63 Å². The van der Waals surface area contributed by atoms with Gasteiger partial charge in [0.1, 0.15) is 53.2 Å². The van der Waals surface area contributed by atoms with Crippen molar-refractivity contribution in [1.82, 2.24) is 0 Å². The molecule has 2 fully saturated rings. The predicted octanol–water partition coefficient (Wildman–Crippen LogP) is -2.86.